The molecule has 0 aliphatic heterocycles. The van der Waals surface area contributed by atoms with Crippen LogP contribution in [0.1, 0.15) is 19.8 Å². The van der Waals surface area contributed by atoms with Crippen LogP contribution in [-0.4, -0.2) is 36.1 Å². The molecule has 0 aromatic carbocycles. The van der Waals surface area contributed by atoms with E-state index in [1.807, 2.05) is 6.92 Å². The number of rotatable bonds is 6. The highest BCUT2D eigenvalue weighted by Crippen LogP contribution is 2.32. The molecule has 1 aliphatic rings. The van der Waals surface area contributed by atoms with Gasteiger partial charge in [-0.2, -0.15) is 0 Å². The van der Waals surface area contributed by atoms with Crippen molar-refractivity contribution in [3.05, 3.63) is 0 Å². The smallest absolute Gasteiger partial charge is 0.326 e. The first-order valence-electron chi connectivity index (χ1n) is 4.88. The van der Waals surface area contributed by atoms with Gasteiger partial charge in [0, 0.05) is 0 Å². The Balaban J connectivity index is 2.31. The fourth-order valence-electron chi connectivity index (χ4n) is 1.27. The Hall–Kier alpha value is -1.10. The van der Waals surface area contributed by atoms with Crippen LogP contribution in [-0.2, 0) is 9.59 Å². The Morgan fingerprint density at radius 3 is 2.57 bits per heavy atom. The van der Waals surface area contributed by atoms with Gasteiger partial charge in [0.2, 0.25) is 5.91 Å². The van der Waals surface area contributed by atoms with Gasteiger partial charge in [-0.25, -0.2) is 4.79 Å². The zero-order chi connectivity index (χ0) is 10.6. The highest BCUT2D eigenvalue weighted by atomic mass is 16.4. The molecule has 1 atom stereocenters. The quantitative estimate of drug-likeness (QED) is 0.544. The molecule has 1 amide bonds. The molecule has 1 aliphatic carbocycles. The molecule has 80 valence electrons. The number of nitrogens with one attached hydrogen (secondary N) is 2. The Kier molecular flexibility index (Phi) is 3.88. The zero-order valence-electron chi connectivity index (χ0n) is 8.25. The molecule has 5 nitrogen and oxygen atoms in total. The summed E-state index contributed by atoms with van der Waals surface area (Å²) in [6.07, 6.45) is 1.80. The van der Waals surface area contributed by atoms with Gasteiger partial charge < -0.3 is 15.7 Å². The maximum atomic E-state index is 11.2. The fraction of sp³-hybridized carbons (Fsp3) is 0.778. The predicted molar refractivity (Wildman–Crippen MR) is 50.8 cm³/mol. The van der Waals surface area contributed by atoms with E-state index >= 15 is 0 Å². The lowest BCUT2D eigenvalue weighted by Crippen LogP contribution is -2.45. The average Bonchev–Trinajstić information content (AvgIpc) is 2.93. The van der Waals surface area contributed by atoms with Gasteiger partial charge in [0.05, 0.1) is 6.54 Å². The average molecular weight is 200 g/mol. The van der Waals surface area contributed by atoms with E-state index < -0.39 is 12.0 Å². The van der Waals surface area contributed by atoms with Crippen molar-refractivity contribution in [2.45, 2.75) is 25.8 Å². The minimum absolute atomic E-state index is 0.137. The molecular formula is C9H16N2O3. The predicted octanol–water partition coefficient (Wildman–Crippen LogP) is -0.425. The van der Waals surface area contributed by atoms with Gasteiger partial charge in [0.25, 0.3) is 0 Å². The molecule has 3 N–H and O–H groups in total. The van der Waals surface area contributed by atoms with Crippen molar-refractivity contribution < 1.29 is 14.7 Å². The number of hydrogen-bond donors (Lipinski definition) is 3. The molecule has 0 spiro atoms. The van der Waals surface area contributed by atoms with Gasteiger partial charge in [-0.3, -0.25) is 4.79 Å². The molecule has 0 aromatic rings. The number of carboxylic acid groups (broad SMARTS) is 1. The van der Waals surface area contributed by atoms with Crippen molar-refractivity contribution in [3.63, 3.8) is 0 Å². The summed E-state index contributed by atoms with van der Waals surface area (Å²) >= 11 is 0. The number of carboxylic acids is 1. The van der Waals surface area contributed by atoms with E-state index in [4.69, 9.17) is 5.11 Å². The molecule has 1 fully saturated rings. The summed E-state index contributed by atoms with van der Waals surface area (Å²) in [5, 5.41) is 14.2. The Morgan fingerprint density at radius 2 is 2.14 bits per heavy atom. The van der Waals surface area contributed by atoms with Gasteiger partial charge >= 0.3 is 5.97 Å². The second-order valence-electron chi connectivity index (χ2n) is 3.50. The summed E-state index contributed by atoms with van der Waals surface area (Å²) < 4.78 is 0. The van der Waals surface area contributed by atoms with Crippen molar-refractivity contribution in [2.24, 2.45) is 5.92 Å². The van der Waals surface area contributed by atoms with Crippen molar-refractivity contribution in [3.8, 4) is 0 Å². The maximum absolute atomic E-state index is 11.2. The van der Waals surface area contributed by atoms with Gasteiger partial charge in [-0.1, -0.05) is 6.92 Å². The Morgan fingerprint density at radius 1 is 1.50 bits per heavy atom. The van der Waals surface area contributed by atoms with Gasteiger partial charge in [0.15, 0.2) is 0 Å². The third-order valence-corrected chi connectivity index (χ3v) is 2.21. The minimum Gasteiger partial charge on any atom is -0.480 e. The molecule has 14 heavy (non-hydrogen) atoms. The summed E-state index contributed by atoms with van der Waals surface area (Å²) in [5.41, 5.74) is 0. The van der Waals surface area contributed by atoms with Crippen LogP contribution < -0.4 is 10.6 Å². The van der Waals surface area contributed by atoms with Gasteiger partial charge in [-0.15, -0.1) is 0 Å². The van der Waals surface area contributed by atoms with Crippen LogP contribution in [0.5, 0.6) is 0 Å². The highest BCUT2D eigenvalue weighted by Gasteiger charge is 2.36. The van der Waals surface area contributed by atoms with E-state index in [0.29, 0.717) is 6.54 Å². The Labute approximate surface area is 82.9 Å². The van der Waals surface area contributed by atoms with Crippen molar-refractivity contribution in [1.82, 2.24) is 10.6 Å². The third kappa shape index (κ3) is 3.33. The molecule has 0 aromatic heterocycles. The van der Waals surface area contributed by atoms with Crippen LogP contribution >= 0.6 is 0 Å². The maximum Gasteiger partial charge on any atom is 0.326 e. The summed E-state index contributed by atoms with van der Waals surface area (Å²) in [5.74, 6) is -1.04. The number of likely N-dealkylation sites (N-methyl/N-ethyl adjacent to an activating group) is 1. The van der Waals surface area contributed by atoms with Crippen LogP contribution in [0.2, 0.25) is 0 Å². The van der Waals surface area contributed by atoms with E-state index in [9.17, 15) is 9.59 Å². The van der Waals surface area contributed by atoms with Crippen LogP contribution in [0.4, 0.5) is 0 Å². The number of amides is 1. The largest absolute Gasteiger partial charge is 0.480 e. The first kappa shape index (κ1) is 11.0. The Bertz CT molecular complexity index is 226. The van der Waals surface area contributed by atoms with Crippen molar-refractivity contribution >= 4 is 11.9 Å². The number of carbonyl (C=O) groups excluding carboxylic acids is 1. The number of hydrogen-bond acceptors (Lipinski definition) is 3. The van der Waals surface area contributed by atoms with E-state index in [1.165, 1.54) is 0 Å². The molecule has 0 bridgehead atoms. The highest BCUT2D eigenvalue weighted by molar-refractivity contribution is 5.85. The topological polar surface area (TPSA) is 78.4 Å². The lowest BCUT2D eigenvalue weighted by molar-refractivity contribution is -0.142. The summed E-state index contributed by atoms with van der Waals surface area (Å²) in [6, 6.07) is -0.693. The van der Waals surface area contributed by atoms with Crippen LogP contribution in [0, 0.1) is 5.92 Å². The van der Waals surface area contributed by atoms with E-state index in [2.05, 4.69) is 10.6 Å². The molecule has 5 heteroatoms. The summed E-state index contributed by atoms with van der Waals surface area (Å²) in [4.78, 5) is 22.0. The lowest BCUT2D eigenvalue weighted by Gasteiger charge is -2.13. The molecule has 0 saturated heterocycles. The minimum atomic E-state index is -0.933. The molecule has 0 heterocycles. The van der Waals surface area contributed by atoms with E-state index in [0.717, 1.165) is 12.8 Å². The summed E-state index contributed by atoms with van der Waals surface area (Å²) in [6.45, 7) is 2.78. The summed E-state index contributed by atoms with van der Waals surface area (Å²) in [7, 11) is 0. The molecule has 0 radical (unpaired) electrons. The number of carbonyl (C=O) groups is 2. The third-order valence-electron chi connectivity index (χ3n) is 2.21. The van der Waals surface area contributed by atoms with Crippen molar-refractivity contribution in [2.75, 3.05) is 13.1 Å². The van der Waals surface area contributed by atoms with E-state index in [-0.39, 0.29) is 18.4 Å². The normalized spacial score (nSPS) is 17.5. The fourth-order valence-corrected chi connectivity index (χ4v) is 1.27. The monoisotopic (exact) mass is 200 g/mol. The van der Waals surface area contributed by atoms with Gasteiger partial charge in [0.1, 0.15) is 6.04 Å². The first-order chi connectivity index (χ1) is 6.65. The lowest BCUT2D eigenvalue weighted by atomic mass is 10.2. The molecule has 1 unspecified atom stereocenters. The van der Waals surface area contributed by atoms with Crippen molar-refractivity contribution in [1.29, 1.82) is 0 Å². The second-order valence-corrected chi connectivity index (χ2v) is 3.50. The zero-order valence-corrected chi connectivity index (χ0v) is 8.25. The van der Waals surface area contributed by atoms with Crippen LogP contribution in [0.15, 0.2) is 0 Å². The van der Waals surface area contributed by atoms with Crippen LogP contribution in [0.25, 0.3) is 0 Å². The number of aliphatic carboxylic acids is 1. The van der Waals surface area contributed by atoms with Crippen LogP contribution in [0.3, 0.4) is 0 Å². The SMILES string of the molecule is CCNCC(=O)NC(C(=O)O)C1CC1. The molecule has 1 saturated carbocycles. The molecule has 1 rings (SSSR count). The van der Waals surface area contributed by atoms with E-state index in [1.54, 1.807) is 0 Å². The molecular weight excluding hydrogens is 184 g/mol. The first-order valence-corrected chi connectivity index (χ1v) is 4.88. The standard InChI is InChI=1S/C9H16N2O3/c1-2-10-5-7(12)11-8(9(13)14)6-3-4-6/h6,8,10H,2-5H2,1H3,(H,11,12)(H,13,14). The van der Waals surface area contributed by atoms with Gasteiger partial charge in [-0.05, 0) is 25.3 Å². The second kappa shape index (κ2) is 4.95.